The minimum Gasteiger partial charge on any atom is -0.374 e. The minimum atomic E-state index is 0.0735. The van der Waals surface area contributed by atoms with E-state index in [2.05, 4.69) is 134 Å². The molecule has 2 aromatic carbocycles. The molecule has 0 aliphatic carbocycles. The zero-order chi connectivity index (χ0) is 41.2. The van der Waals surface area contributed by atoms with Crippen LogP contribution in [0.1, 0.15) is 73.9 Å². The number of aromatic nitrogens is 2. The van der Waals surface area contributed by atoms with E-state index in [9.17, 15) is 9.59 Å². The summed E-state index contributed by atoms with van der Waals surface area (Å²) in [6, 6.07) is 33.3. The van der Waals surface area contributed by atoms with Crippen LogP contribution in [0.3, 0.4) is 0 Å². The van der Waals surface area contributed by atoms with Gasteiger partial charge in [-0.05, 0) is 66.1 Å². The highest BCUT2D eigenvalue weighted by Crippen LogP contribution is 2.22. The van der Waals surface area contributed by atoms with E-state index in [-0.39, 0.29) is 5.91 Å². The van der Waals surface area contributed by atoms with Gasteiger partial charge in [0, 0.05) is 125 Å². The van der Waals surface area contributed by atoms with Gasteiger partial charge in [-0.25, -0.2) is 0 Å². The van der Waals surface area contributed by atoms with Gasteiger partial charge in [0.1, 0.15) is 18.9 Å². The molecule has 0 unspecified atom stereocenters. The Balaban J connectivity index is 1.04. The van der Waals surface area contributed by atoms with Crippen LogP contribution in [0.4, 0.5) is 11.4 Å². The first-order valence-electron chi connectivity index (χ1n) is 20.1. The van der Waals surface area contributed by atoms with Crippen molar-refractivity contribution in [3.63, 3.8) is 0 Å². The van der Waals surface area contributed by atoms with Crippen molar-refractivity contribution in [2.75, 3.05) is 55.0 Å². The molecule has 0 spiro atoms. The van der Waals surface area contributed by atoms with Gasteiger partial charge in [-0.3, -0.25) is 9.59 Å². The van der Waals surface area contributed by atoms with E-state index in [4.69, 9.17) is 10.5 Å². The van der Waals surface area contributed by atoms with Crippen molar-refractivity contribution in [2.24, 2.45) is 0 Å². The Morgan fingerprint density at radius 3 is 1.64 bits per heavy atom. The highest BCUT2D eigenvalue weighted by molar-refractivity contribution is 8.76. The van der Waals surface area contributed by atoms with Crippen LogP contribution in [-0.2, 0) is 22.7 Å². The Labute approximate surface area is 353 Å². The molecule has 1 amide bonds. The van der Waals surface area contributed by atoms with Crippen molar-refractivity contribution >= 4 is 69.0 Å². The van der Waals surface area contributed by atoms with Crippen molar-refractivity contribution in [1.29, 1.82) is 10.5 Å². The molecule has 0 atom stereocenters. The third kappa shape index (κ3) is 17.0. The minimum absolute atomic E-state index is 0.0735. The summed E-state index contributed by atoms with van der Waals surface area (Å²) in [7, 11) is 7.50. The number of benzene rings is 2. The Morgan fingerprint density at radius 2 is 1.12 bits per heavy atom. The first-order valence-corrected chi connectivity index (χ1v) is 22.6. The summed E-state index contributed by atoms with van der Waals surface area (Å²) in [4.78, 5) is 29.2. The molecule has 4 aromatic rings. The number of nitrogens with one attached hydrogen (secondary N) is 1. The van der Waals surface area contributed by atoms with Crippen LogP contribution in [0.2, 0.25) is 0 Å². The van der Waals surface area contributed by atoms with E-state index < -0.39 is 0 Å². The van der Waals surface area contributed by atoms with Crippen LogP contribution in [0, 0.1) is 22.7 Å². The average Bonchev–Trinajstić information content (AvgIpc) is 3.25. The average molecular weight is 816 g/mol. The molecule has 11 heteroatoms. The van der Waals surface area contributed by atoms with Crippen LogP contribution in [-0.4, -0.2) is 56.9 Å². The van der Waals surface area contributed by atoms with Gasteiger partial charge in [-0.1, -0.05) is 45.9 Å². The molecule has 2 heterocycles. The van der Waals surface area contributed by atoms with Crippen LogP contribution < -0.4 is 24.3 Å². The number of rotatable bonds is 26. The lowest BCUT2D eigenvalue weighted by Crippen LogP contribution is -2.37. The van der Waals surface area contributed by atoms with Gasteiger partial charge in [0.25, 0.3) is 0 Å². The van der Waals surface area contributed by atoms with Gasteiger partial charge >= 0.3 is 0 Å². The smallest absolute Gasteiger partial charge is 0.220 e. The van der Waals surface area contributed by atoms with E-state index in [1.165, 1.54) is 0 Å². The maximum absolute atomic E-state index is 12.6. The van der Waals surface area contributed by atoms with Crippen LogP contribution in [0.5, 0.6) is 0 Å². The number of anilines is 2. The lowest BCUT2D eigenvalue weighted by molar-refractivity contribution is -0.699. The molecule has 0 saturated heterocycles. The number of pyridine rings is 2. The second-order valence-electron chi connectivity index (χ2n) is 14.0. The summed E-state index contributed by atoms with van der Waals surface area (Å²) in [5.41, 5.74) is 6.56. The van der Waals surface area contributed by atoms with Crippen molar-refractivity contribution in [3.8, 4) is 12.1 Å². The summed E-state index contributed by atoms with van der Waals surface area (Å²) in [6.45, 7) is 3.59. The number of nitriles is 2. The fourth-order valence-corrected chi connectivity index (χ4v) is 8.17. The molecule has 58 heavy (non-hydrogen) atoms. The lowest BCUT2D eigenvalue weighted by Gasteiger charge is -2.17. The first kappa shape index (κ1) is 45.3. The van der Waals surface area contributed by atoms with Gasteiger partial charge in [0.15, 0.2) is 12.4 Å². The molecule has 0 radical (unpaired) electrons. The fourth-order valence-electron chi connectivity index (χ4n) is 6.17. The quantitative estimate of drug-likeness (QED) is 0.0383. The van der Waals surface area contributed by atoms with E-state index in [0.717, 1.165) is 77.7 Å². The van der Waals surface area contributed by atoms with Gasteiger partial charge in [-0.2, -0.15) is 19.7 Å². The van der Waals surface area contributed by atoms with E-state index in [1.807, 2.05) is 38.4 Å². The highest BCUT2D eigenvalue weighted by Gasteiger charge is 2.11. The summed E-state index contributed by atoms with van der Waals surface area (Å²) < 4.78 is 4.37. The van der Waals surface area contributed by atoms with Gasteiger partial charge in [0.05, 0.1) is 25.0 Å². The monoisotopic (exact) mass is 815 g/mol. The number of nitrogens with zero attached hydrogens (tertiary/aromatic N) is 6. The summed E-state index contributed by atoms with van der Waals surface area (Å²) in [5, 5.41) is 20.7. The number of hydrogen-bond donors (Lipinski definition) is 1. The number of hydrogen-bond acceptors (Lipinski definition) is 8. The van der Waals surface area contributed by atoms with Crippen LogP contribution >= 0.6 is 21.6 Å². The number of aryl methyl sites for hydroxylation is 2. The molecule has 4 rings (SSSR count). The Hall–Kier alpha value is -5.36. The molecule has 0 fully saturated rings. The van der Waals surface area contributed by atoms with Crippen molar-refractivity contribution in [3.05, 3.63) is 120 Å². The van der Waals surface area contributed by atoms with Crippen molar-refractivity contribution in [2.45, 2.75) is 64.5 Å². The van der Waals surface area contributed by atoms with Gasteiger partial charge < -0.3 is 15.1 Å². The molecule has 1 N–H and O–H groups in total. The Bertz CT molecular complexity index is 1860. The molecule has 9 nitrogen and oxygen atoms in total. The predicted molar refractivity (Wildman–Crippen MR) is 242 cm³/mol. The Morgan fingerprint density at radius 1 is 0.638 bits per heavy atom. The normalized spacial score (nSPS) is 11.0. The van der Waals surface area contributed by atoms with Crippen molar-refractivity contribution < 1.29 is 18.7 Å². The number of Topliss-reactive ketones (excluding diaryl/α,β-unsaturated/α-hetero) is 1. The molecule has 0 bridgehead atoms. The van der Waals surface area contributed by atoms with E-state index >= 15 is 0 Å². The molecule has 2 aromatic heterocycles. The molecular weight excluding hydrogens is 759 g/mol. The second kappa shape index (κ2) is 26.5. The second-order valence-corrected chi connectivity index (χ2v) is 16.7. The van der Waals surface area contributed by atoms with Gasteiger partial charge in [-0.15, -0.1) is 0 Å². The third-order valence-corrected chi connectivity index (χ3v) is 12.1. The maximum atomic E-state index is 12.6. The van der Waals surface area contributed by atoms with Crippen molar-refractivity contribution in [1.82, 2.24) is 5.32 Å². The van der Waals surface area contributed by atoms with E-state index in [0.29, 0.717) is 57.5 Å². The first-order chi connectivity index (χ1) is 28.4. The largest absolute Gasteiger partial charge is 0.374 e. The van der Waals surface area contributed by atoms with Gasteiger partial charge in [0.2, 0.25) is 17.3 Å². The summed E-state index contributed by atoms with van der Waals surface area (Å²) >= 11 is 0. The fraction of sp³-hybridized carbons (Fsp3) is 0.362. The maximum Gasteiger partial charge on any atom is 0.220 e. The standard InChI is InChI=1S/C47H56N7O2S2/c1-51(32-10-29-48)42-23-17-40(18-24-42)21-27-44-12-3-5-34-53(44)36-7-14-46(55)15-9-38-57-58-39-31-50-47(56)16-8-37-54-35-6-4-13-45(54)28-22-41-19-25-43(26-20-41)52(2)33-11-30-49/h3-6,12-13,17-28,34-35H,7-11,14-16,31-33,36-39H2,1-2H3/q+1/p+1. The number of amides is 1. The predicted octanol–water partition coefficient (Wildman–Crippen LogP) is 8.41. The number of ketones is 1. The van der Waals surface area contributed by atoms with Crippen LogP contribution in [0.25, 0.3) is 24.3 Å². The Kier molecular flexibility index (Phi) is 20.7. The number of carbonyl (C=O) groups is 2. The topological polar surface area (TPSA) is 108 Å². The molecule has 0 aliphatic rings. The zero-order valence-corrected chi connectivity index (χ0v) is 35.6. The molecule has 302 valence electrons. The SMILES string of the molecule is CN(CCC#N)c1ccc(/C=C/c2cccc[n+]2CCCC(=O)CCCSSCCNC(=O)CCC[n+]2ccccc2/C=C/c2ccc(N(C)CCC#N)cc2)cc1. The molecule has 0 aliphatic heterocycles. The highest BCUT2D eigenvalue weighted by atomic mass is 33.1. The van der Waals surface area contributed by atoms with E-state index in [1.54, 1.807) is 21.6 Å². The lowest BCUT2D eigenvalue weighted by atomic mass is 10.1. The van der Waals surface area contributed by atoms with Crippen LogP contribution in [0.15, 0.2) is 97.3 Å². The number of carbonyl (C=O) groups excluding carboxylic acids is 2. The summed E-state index contributed by atoms with van der Waals surface area (Å²) in [6.07, 6.45) is 17.6. The third-order valence-electron chi connectivity index (χ3n) is 9.56. The zero-order valence-electron chi connectivity index (χ0n) is 34.0. The molecular formula is C47H57N7O2S2+2. The summed E-state index contributed by atoms with van der Waals surface area (Å²) in [5.74, 6) is 2.14. The molecule has 0 saturated carbocycles.